The van der Waals surface area contributed by atoms with Crippen LogP contribution in [0.25, 0.3) is 0 Å². The van der Waals surface area contributed by atoms with Gasteiger partial charge >= 0.3 is 0 Å². The van der Waals surface area contributed by atoms with E-state index in [1.165, 1.54) is 0 Å². The SMILES string of the molecule is CC(C)Cc1nnn(C(C)(C)C)n1. The first-order valence-electron chi connectivity index (χ1n) is 4.69. The molecule has 0 atom stereocenters. The molecule has 4 nitrogen and oxygen atoms in total. The van der Waals surface area contributed by atoms with Gasteiger partial charge in [-0.25, -0.2) is 0 Å². The molecule has 1 heterocycles. The van der Waals surface area contributed by atoms with Gasteiger partial charge in [-0.05, 0) is 31.9 Å². The number of tetrazole rings is 1. The van der Waals surface area contributed by atoms with Crippen LogP contribution in [0.3, 0.4) is 0 Å². The molecule has 0 N–H and O–H groups in total. The molecular weight excluding hydrogens is 164 g/mol. The summed E-state index contributed by atoms with van der Waals surface area (Å²) in [6.45, 7) is 10.5. The van der Waals surface area contributed by atoms with Gasteiger partial charge in [-0.2, -0.15) is 4.80 Å². The highest BCUT2D eigenvalue weighted by molar-refractivity contribution is 4.80. The fourth-order valence-corrected chi connectivity index (χ4v) is 0.974. The minimum atomic E-state index is -0.0672. The average Bonchev–Trinajstić information content (AvgIpc) is 2.32. The van der Waals surface area contributed by atoms with Crippen molar-refractivity contribution in [3.8, 4) is 0 Å². The van der Waals surface area contributed by atoms with Gasteiger partial charge in [-0.15, -0.1) is 10.2 Å². The summed E-state index contributed by atoms with van der Waals surface area (Å²) in [6.07, 6.45) is 0.899. The molecule has 74 valence electrons. The second kappa shape index (κ2) is 3.44. The summed E-state index contributed by atoms with van der Waals surface area (Å²) < 4.78 is 0. The molecule has 0 aliphatic heterocycles. The zero-order valence-electron chi connectivity index (χ0n) is 9.07. The lowest BCUT2D eigenvalue weighted by Crippen LogP contribution is -2.24. The van der Waals surface area contributed by atoms with E-state index in [0.717, 1.165) is 12.2 Å². The summed E-state index contributed by atoms with van der Waals surface area (Å²) >= 11 is 0. The highest BCUT2D eigenvalue weighted by Crippen LogP contribution is 2.10. The van der Waals surface area contributed by atoms with Gasteiger partial charge in [-0.3, -0.25) is 0 Å². The first kappa shape index (κ1) is 10.2. The van der Waals surface area contributed by atoms with E-state index in [4.69, 9.17) is 0 Å². The zero-order valence-corrected chi connectivity index (χ0v) is 9.07. The Labute approximate surface area is 79.3 Å². The van der Waals surface area contributed by atoms with E-state index in [9.17, 15) is 0 Å². The van der Waals surface area contributed by atoms with E-state index >= 15 is 0 Å². The molecule has 0 aliphatic rings. The largest absolute Gasteiger partial charge is 0.175 e. The molecule has 1 rings (SSSR count). The van der Waals surface area contributed by atoms with E-state index in [1.807, 2.05) is 0 Å². The lowest BCUT2D eigenvalue weighted by atomic mass is 10.1. The molecule has 0 fully saturated rings. The maximum absolute atomic E-state index is 4.32. The molecule has 0 radical (unpaired) electrons. The quantitative estimate of drug-likeness (QED) is 0.698. The molecule has 4 heteroatoms. The summed E-state index contributed by atoms with van der Waals surface area (Å²) in [5, 5.41) is 12.3. The molecule has 0 saturated carbocycles. The Bertz CT molecular complexity index is 269. The predicted molar refractivity (Wildman–Crippen MR) is 51.4 cm³/mol. The van der Waals surface area contributed by atoms with Crippen LogP contribution in [0.4, 0.5) is 0 Å². The minimum absolute atomic E-state index is 0.0672. The van der Waals surface area contributed by atoms with Gasteiger partial charge in [0.1, 0.15) is 0 Å². The summed E-state index contributed by atoms with van der Waals surface area (Å²) in [5.74, 6) is 1.42. The standard InChI is InChI=1S/C9H18N4/c1-7(2)6-8-10-12-13(11-8)9(3,4)5/h7H,6H2,1-5H3. The fourth-order valence-electron chi connectivity index (χ4n) is 0.974. The lowest BCUT2D eigenvalue weighted by Gasteiger charge is -2.15. The zero-order chi connectivity index (χ0) is 10.1. The molecule has 1 aromatic heterocycles. The van der Waals surface area contributed by atoms with Crippen molar-refractivity contribution in [1.82, 2.24) is 20.2 Å². The highest BCUT2D eigenvalue weighted by Gasteiger charge is 2.16. The minimum Gasteiger partial charge on any atom is -0.159 e. The van der Waals surface area contributed by atoms with Crippen LogP contribution >= 0.6 is 0 Å². The Hall–Kier alpha value is -0.930. The third-order valence-electron chi connectivity index (χ3n) is 1.65. The van der Waals surface area contributed by atoms with Crippen LogP contribution in [0.2, 0.25) is 0 Å². The maximum atomic E-state index is 4.32. The Kier molecular flexibility index (Phi) is 2.68. The van der Waals surface area contributed by atoms with Crippen molar-refractivity contribution in [2.45, 2.75) is 46.6 Å². The molecule has 1 aromatic rings. The van der Waals surface area contributed by atoms with E-state index < -0.39 is 0 Å². The number of nitrogens with zero attached hydrogens (tertiary/aromatic N) is 4. The second-order valence-electron chi connectivity index (χ2n) is 4.76. The van der Waals surface area contributed by atoms with Gasteiger partial charge in [0.25, 0.3) is 0 Å². The van der Waals surface area contributed by atoms with Crippen LogP contribution in [0, 0.1) is 5.92 Å². The van der Waals surface area contributed by atoms with Crippen molar-refractivity contribution in [3.63, 3.8) is 0 Å². The van der Waals surface area contributed by atoms with Crippen molar-refractivity contribution < 1.29 is 0 Å². The number of rotatable bonds is 2. The summed E-state index contributed by atoms with van der Waals surface area (Å²) in [7, 11) is 0. The van der Waals surface area contributed by atoms with E-state index in [1.54, 1.807) is 4.80 Å². The Balaban J connectivity index is 2.75. The molecule has 0 aliphatic carbocycles. The number of hydrogen-bond donors (Lipinski definition) is 0. The summed E-state index contributed by atoms with van der Waals surface area (Å²) in [5.41, 5.74) is -0.0672. The first-order valence-corrected chi connectivity index (χ1v) is 4.69. The van der Waals surface area contributed by atoms with Gasteiger partial charge in [-0.1, -0.05) is 13.8 Å². The third-order valence-corrected chi connectivity index (χ3v) is 1.65. The van der Waals surface area contributed by atoms with E-state index in [2.05, 4.69) is 50.0 Å². The van der Waals surface area contributed by atoms with Gasteiger partial charge in [0, 0.05) is 6.42 Å². The lowest BCUT2D eigenvalue weighted by molar-refractivity contribution is 0.305. The van der Waals surface area contributed by atoms with Crippen molar-refractivity contribution >= 4 is 0 Å². The summed E-state index contributed by atoms with van der Waals surface area (Å²) in [4.78, 5) is 1.67. The second-order valence-corrected chi connectivity index (χ2v) is 4.76. The molecule has 0 amide bonds. The van der Waals surface area contributed by atoms with Crippen LogP contribution in [0.5, 0.6) is 0 Å². The number of aromatic nitrogens is 4. The van der Waals surface area contributed by atoms with Crippen molar-refractivity contribution in [3.05, 3.63) is 5.82 Å². The summed E-state index contributed by atoms with van der Waals surface area (Å²) in [6, 6.07) is 0. The molecule has 0 unspecified atom stereocenters. The van der Waals surface area contributed by atoms with Gasteiger partial charge < -0.3 is 0 Å². The van der Waals surface area contributed by atoms with Crippen LogP contribution in [-0.2, 0) is 12.0 Å². The van der Waals surface area contributed by atoms with Gasteiger partial charge in [0.05, 0.1) is 5.54 Å². The average molecular weight is 182 g/mol. The Morgan fingerprint density at radius 2 is 1.92 bits per heavy atom. The highest BCUT2D eigenvalue weighted by atomic mass is 15.6. The Morgan fingerprint density at radius 3 is 2.31 bits per heavy atom. The molecule has 0 bridgehead atoms. The van der Waals surface area contributed by atoms with Crippen LogP contribution in [0.1, 0.15) is 40.4 Å². The maximum Gasteiger partial charge on any atom is 0.175 e. The van der Waals surface area contributed by atoms with Crippen LogP contribution in [-0.4, -0.2) is 20.2 Å². The fraction of sp³-hybridized carbons (Fsp3) is 0.889. The smallest absolute Gasteiger partial charge is 0.159 e. The van der Waals surface area contributed by atoms with Crippen molar-refractivity contribution in [2.75, 3.05) is 0 Å². The van der Waals surface area contributed by atoms with Crippen LogP contribution < -0.4 is 0 Å². The van der Waals surface area contributed by atoms with Gasteiger partial charge in [0.2, 0.25) is 0 Å². The van der Waals surface area contributed by atoms with Crippen LogP contribution in [0.15, 0.2) is 0 Å². The molecule has 13 heavy (non-hydrogen) atoms. The third kappa shape index (κ3) is 2.79. The molecule has 0 spiro atoms. The molecule has 0 aromatic carbocycles. The Morgan fingerprint density at radius 1 is 1.31 bits per heavy atom. The van der Waals surface area contributed by atoms with E-state index in [-0.39, 0.29) is 5.54 Å². The first-order chi connectivity index (χ1) is 5.89. The molecule has 0 saturated heterocycles. The van der Waals surface area contributed by atoms with Crippen molar-refractivity contribution in [1.29, 1.82) is 0 Å². The topological polar surface area (TPSA) is 43.6 Å². The predicted octanol–water partition coefficient (Wildman–Crippen LogP) is 1.63. The van der Waals surface area contributed by atoms with Gasteiger partial charge in [0.15, 0.2) is 5.82 Å². The monoisotopic (exact) mass is 182 g/mol. The van der Waals surface area contributed by atoms with E-state index in [0.29, 0.717) is 5.92 Å². The van der Waals surface area contributed by atoms with Crippen molar-refractivity contribution in [2.24, 2.45) is 5.92 Å². The molecular formula is C9H18N4. The normalized spacial score (nSPS) is 12.5. The number of hydrogen-bond acceptors (Lipinski definition) is 3.